The molecule has 0 saturated heterocycles. The summed E-state index contributed by atoms with van der Waals surface area (Å²) in [5.74, 6) is 1.44. The number of carbonyl (C=O) groups excluding carboxylic acids is 1. The van der Waals surface area contributed by atoms with Crippen molar-refractivity contribution in [1.29, 1.82) is 0 Å². The lowest BCUT2D eigenvalue weighted by Gasteiger charge is -2.09. The maximum absolute atomic E-state index is 11.8. The molecule has 1 heterocycles. The standard InChI is InChI=1S/C18H22N2O3/c1-14-6-3-4-7-16(14)23-11-5-8-17(21)19-12-15-9-10-18(22-2)20-13-15/h3-4,6-7,9-10,13H,5,8,11-12H2,1-2H3,(H,19,21). The zero-order chi connectivity index (χ0) is 16.5. The molecule has 23 heavy (non-hydrogen) atoms. The Balaban J connectivity index is 1.64. The number of rotatable bonds is 8. The van der Waals surface area contributed by atoms with E-state index < -0.39 is 0 Å². The normalized spacial score (nSPS) is 10.2. The minimum Gasteiger partial charge on any atom is -0.493 e. The van der Waals surface area contributed by atoms with Crippen LogP contribution in [0.3, 0.4) is 0 Å². The van der Waals surface area contributed by atoms with Crippen LogP contribution in [0.25, 0.3) is 0 Å². The van der Waals surface area contributed by atoms with Crippen LogP contribution >= 0.6 is 0 Å². The van der Waals surface area contributed by atoms with E-state index in [1.54, 1.807) is 19.4 Å². The number of hydrogen-bond donors (Lipinski definition) is 1. The SMILES string of the molecule is COc1ccc(CNC(=O)CCCOc2ccccc2C)cn1. The lowest BCUT2D eigenvalue weighted by Crippen LogP contribution is -2.23. The lowest BCUT2D eigenvalue weighted by molar-refractivity contribution is -0.121. The van der Waals surface area contributed by atoms with Gasteiger partial charge in [-0.25, -0.2) is 4.98 Å². The second kappa shape index (κ2) is 8.78. The monoisotopic (exact) mass is 314 g/mol. The van der Waals surface area contributed by atoms with E-state index in [4.69, 9.17) is 9.47 Å². The molecule has 0 aliphatic rings. The number of pyridine rings is 1. The Bertz CT molecular complexity index is 626. The van der Waals surface area contributed by atoms with Crippen molar-refractivity contribution in [3.8, 4) is 11.6 Å². The molecule has 0 unspecified atom stereocenters. The highest BCUT2D eigenvalue weighted by Crippen LogP contribution is 2.16. The fraction of sp³-hybridized carbons (Fsp3) is 0.333. The third-order valence-electron chi connectivity index (χ3n) is 3.40. The summed E-state index contributed by atoms with van der Waals surface area (Å²) in [6.07, 6.45) is 2.82. The summed E-state index contributed by atoms with van der Waals surface area (Å²) in [5, 5.41) is 2.87. The van der Waals surface area contributed by atoms with Crippen molar-refractivity contribution < 1.29 is 14.3 Å². The third kappa shape index (κ3) is 5.62. The smallest absolute Gasteiger partial charge is 0.220 e. The summed E-state index contributed by atoms with van der Waals surface area (Å²) in [5.41, 5.74) is 2.04. The van der Waals surface area contributed by atoms with Gasteiger partial charge < -0.3 is 14.8 Å². The number of hydrogen-bond acceptors (Lipinski definition) is 4. The van der Waals surface area contributed by atoms with E-state index in [0.29, 0.717) is 31.9 Å². The molecule has 0 aliphatic carbocycles. The Hall–Kier alpha value is -2.56. The van der Waals surface area contributed by atoms with Crippen molar-refractivity contribution in [3.63, 3.8) is 0 Å². The summed E-state index contributed by atoms with van der Waals surface area (Å²) in [6, 6.07) is 11.5. The highest BCUT2D eigenvalue weighted by molar-refractivity contribution is 5.75. The number of aryl methyl sites for hydroxylation is 1. The maximum atomic E-state index is 11.8. The van der Waals surface area contributed by atoms with Gasteiger partial charge in [0.15, 0.2) is 0 Å². The Labute approximate surface area is 136 Å². The molecule has 0 saturated carbocycles. The van der Waals surface area contributed by atoms with Crippen molar-refractivity contribution >= 4 is 5.91 Å². The fourth-order valence-corrected chi connectivity index (χ4v) is 2.06. The second-order valence-corrected chi connectivity index (χ2v) is 5.20. The first-order chi connectivity index (χ1) is 11.2. The number of benzene rings is 1. The van der Waals surface area contributed by atoms with Crippen LogP contribution in [-0.2, 0) is 11.3 Å². The van der Waals surface area contributed by atoms with Crippen LogP contribution in [0.15, 0.2) is 42.6 Å². The summed E-state index contributed by atoms with van der Waals surface area (Å²) < 4.78 is 10.7. The van der Waals surface area contributed by atoms with Gasteiger partial charge in [-0.15, -0.1) is 0 Å². The van der Waals surface area contributed by atoms with Gasteiger partial charge in [-0.1, -0.05) is 24.3 Å². The number of para-hydroxylation sites is 1. The van der Waals surface area contributed by atoms with E-state index in [0.717, 1.165) is 16.9 Å². The first kappa shape index (κ1) is 16.8. The van der Waals surface area contributed by atoms with Crippen LogP contribution in [0.5, 0.6) is 11.6 Å². The average Bonchev–Trinajstić information content (AvgIpc) is 2.59. The quantitative estimate of drug-likeness (QED) is 0.761. The molecule has 5 heteroatoms. The predicted octanol–water partition coefficient (Wildman–Crippen LogP) is 2.87. The molecule has 1 aromatic carbocycles. The van der Waals surface area contributed by atoms with E-state index in [1.807, 2.05) is 37.3 Å². The van der Waals surface area contributed by atoms with Gasteiger partial charge in [0.05, 0.1) is 13.7 Å². The van der Waals surface area contributed by atoms with Crippen LogP contribution in [0, 0.1) is 6.92 Å². The number of nitrogens with zero attached hydrogens (tertiary/aromatic N) is 1. The Kier molecular flexibility index (Phi) is 6.41. The van der Waals surface area contributed by atoms with E-state index in [9.17, 15) is 4.79 Å². The van der Waals surface area contributed by atoms with Crippen molar-refractivity contribution in [2.45, 2.75) is 26.3 Å². The molecule has 2 aromatic rings. The largest absolute Gasteiger partial charge is 0.493 e. The van der Waals surface area contributed by atoms with Crippen molar-refractivity contribution in [3.05, 3.63) is 53.7 Å². The van der Waals surface area contributed by atoms with Gasteiger partial charge >= 0.3 is 0 Å². The van der Waals surface area contributed by atoms with Gasteiger partial charge in [-0.3, -0.25) is 4.79 Å². The number of methoxy groups -OCH3 is 1. The predicted molar refractivity (Wildman–Crippen MR) is 88.5 cm³/mol. The van der Waals surface area contributed by atoms with E-state index >= 15 is 0 Å². The molecule has 0 radical (unpaired) electrons. The average molecular weight is 314 g/mol. The topological polar surface area (TPSA) is 60.5 Å². The molecule has 5 nitrogen and oxygen atoms in total. The van der Waals surface area contributed by atoms with Crippen molar-refractivity contribution in [1.82, 2.24) is 10.3 Å². The number of carbonyl (C=O) groups is 1. The molecule has 0 fully saturated rings. The zero-order valence-corrected chi connectivity index (χ0v) is 13.5. The minimum absolute atomic E-state index is 0.00852. The fourth-order valence-electron chi connectivity index (χ4n) is 2.06. The van der Waals surface area contributed by atoms with Gasteiger partial charge in [0, 0.05) is 25.2 Å². The number of ether oxygens (including phenoxy) is 2. The van der Waals surface area contributed by atoms with Crippen LogP contribution in [0.1, 0.15) is 24.0 Å². The Morgan fingerprint density at radius 3 is 2.74 bits per heavy atom. The van der Waals surface area contributed by atoms with Gasteiger partial charge in [0.25, 0.3) is 0 Å². The van der Waals surface area contributed by atoms with Gasteiger partial charge in [0.2, 0.25) is 11.8 Å². The molecule has 1 aromatic heterocycles. The van der Waals surface area contributed by atoms with E-state index in [2.05, 4.69) is 10.3 Å². The van der Waals surface area contributed by atoms with Crippen molar-refractivity contribution in [2.24, 2.45) is 0 Å². The highest BCUT2D eigenvalue weighted by atomic mass is 16.5. The Morgan fingerprint density at radius 2 is 2.04 bits per heavy atom. The lowest BCUT2D eigenvalue weighted by atomic mass is 10.2. The van der Waals surface area contributed by atoms with Crippen LogP contribution in [0.4, 0.5) is 0 Å². The highest BCUT2D eigenvalue weighted by Gasteiger charge is 2.03. The molecule has 1 N–H and O–H groups in total. The molecule has 0 bridgehead atoms. The minimum atomic E-state index is 0.00852. The molecule has 0 atom stereocenters. The van der Waals surface area contributed by atoms with Gasteiger partial charge in [-0.2, -0.15) is 0 Å². The van der Waals surface area contributed by atoms with Gasteiger partial charge in [-0.05, 0) is 30.5 Å². The summed E-state index contributed by atoms with van der Waals surface area (Å²) in [7, 11) is 1.57. The number of aromatic nitrogens is 1. The first-order valence-corrected chi connectivity index (χ1v) is 7.63. The molecular formula is C18H22N2O3. The molecule has 122 valence electrons. The second-order valence-electron chi connectivity index (χ2n) is 5.20. The number of nitrogens with one attached hydrogen (secondary N) is 1. The zero-order valence-electron chi connectivity index (χ0n) is 13.5. The van der Waals surface area contributed by atoms with Gasteiger partial charge in [0.1, 0.15) is 5.75 Å². The molecule has 0 spiro atoms. The third-order valence-corrected chi connectivity index (χ3v) is 3.40. The van der Waals surface area contributed by atoms with E-state index in [1.165, 1.54) is 0 Å². The molecular weight excluding hydrogens is 292 g/mol. The molecule has 1 amide bonds. The van der Waals surface area contributed by atoms with Crippen LogP contribution in [-0.4, -0.2) is 24.6 Å². The van der Waals surface area contributed by atoms with Crippen LogP contribution < -0.4 is 14.8 Å². The van der Waals surface area contributed by atoms with Crippen LogP contribution in [0.2, 0.25) is 0 Å². The van der Waals surface area contributed by atoms with E-state index in [-0.39, 0.29) is 5.91 Å². The number of amides is 1. The Morgan fingerprint density at radius 1 is 1.22 bits per heavy atom. The summed E-state index contributed by atoms with van der Waals surface area (Å²) >= 11 is 0. The summed E-state index contributed by atoms with van der Waals surface area (Å²) in [6.45, 7) is 3.00. The molecule has 0 aliphatic heterocycles. The summed E-state index contributed by atoms with van der Waals surface area (Å²) in [4.78, 5) is 15.9. The van der Waals surface area contributed by atoms with Crippen molar-refractivity contribution in [2.75, 3.05) is 13.7 Å². The maximum Gasteiger partial charge on any atom is 0.220 e. The molecule has 2 rings (SSSR count). The first-order valence-electron chi connectivity index (χ1n) is 7.63.